The number of hydrogen-bond acceptors (Lipinski definition) is 3. The van der Waals surface area contributed by atoms with E-state index in [4.69, 9.17) is 15.4 Å². The molecule has 0 N–H and O–H groups in total. The SMILES string of the molecule is C=C(Cc1ccccc1)OCCS(=O)(=O)Cl. The van der Waals surface area contributed by atoms with Crippen molar-refractivity contribution in [1.82, 2.24) is 0 Å². The van der Waals surface area contributed by atoms with Gasteiger partial charge in [0, 0.05) is 17.1 Å². The Kier molecular flexibility index (Phi) is 4.83. The highest BCUT2D eigenvalue weighted by atomic mass is 35.7. The van der Waals surface area contributed by atoms with E-state index in [1.807, 2.05) is 30.3 Å². The Bertz CT molecular complexity index is 440. The molecule has 0 aliphatic rings. The first-order valence-electron chi connectivity index (χ1n) is 4.74. The van der Waals surface area contributed by atoms with Crippen molar-refractivity contribution < 1.29 is 13.2 Å². The van der Waals surface area contributed by atoms with Crippen LogP contribution in [0.3, 0.4) is 0 Å². The van der Waals surface area contributed by atoms with Crippen molar-refractivity contribution in [2.45, 2.75) is 6.42 Å². The van der Waals surface area contributed by atoms with Gasteiger partial charge in [-0.25, -0.2) is 8.42 Å². The highest BCUT2D eigenvalue weighted by Crippen LogP contribution is 2.07. The minimum absolute atomic E-state index is 0.0392. The maximum atomic E-state index is 10.6. The number of allylic oxidation sites excluding steroid dienone is 1. The van der Waals surface area contributed by atoms with Gasteiger partial charge in [-0.15, -0.1) is 0 Å². The van der Waals surface area contributed by atoms with Crippen molar-refractivity contribution in [1.29, 1.82) is 0 Å². The third-order valence-electron chi connectivity index (χ3n) is 1.88. The summed E-state index contributed by atoms with van der Waals surface area (Å²) in [4.78, 5) is 0. The summed E-state index contributed by atoms with van der Waals surface area (Å²) in [6.45, 7) is 3.75. The standard InChI is InChI=1S/C11H13ClO3S/c1-10(15-7-8-16(12,13)14)9-11-5-3-2-4-6-11/h2-6H,1,7-9H2. The van der Waals surface area contributed by atoms with E-state index in [9.17, 15) is 8.42 Å². The summed E-state index contributed by atoms with van der Waals surface area (Å²) < 4.78 is 26.4. The number of benzene rings is 1. The minimum Gasteiger partial charge on any atom is -0.497 e. The van der Waals surface area contributed by atoms with Crippen LogP contribution in [0, 0.1) is 0 Å². The van der Waals surface area contributed by atoms with Gasteiger partial charge in [0.15, 0.2) is 0 Å². The van der Waals surface area contributed by atoms with Crippen molar-refractivity contribution in [2.24, 2.45) is 0 Å². The summed E-state index contributed by atoms with van der Waals surface area (Å²) >= 11 is 0. The molecular weight excluding hydrogens is 248 g/mol. The first kappa shape index (κ1) is 13.1. The van der Waals surface area contributed by atoms with Gasteiger partial charge in [-0.2, -0.15) is 0 Å². The summed E-state index contributed by atoms with van der Waals surface area (Å²) in [6.07, 6.45) is 0.573. The molecule has 0 aliphatic heterocycles. The monoisotopic (exact) mass is 260 g/mol. The lowest BCUT2D eigenvalue weighted by Crippen LogP contribution is -2.07. The molecule has 88 valence electrons. The molecule has 5 heteroatoms. The minimum atomic E-state index is -3.49. The lowest BCUT2D eigenvalue weighted by Gasteiger charge is -2.07. The normalized spacial score (nSPS) is 11.1. The zero-order valence-electron chi connectivity index (χ0n) is 8.73. The van der Waals surface area contributed by atoms with Crippen molar-refractivity contribution in [3.05, 3.63) is 48.2 Å². The number of ether oxygens (including phenoxy) is 1. The van der Waals surface area contributed by atoms with Crippen molar-refractivity contribution in [3.8, 4) is 0 Å². The van der Waals surface area contributed by atoms with Gasteiger partial charge in [0.2, 0.25) is 9.05 Å². The van der Waals surface area contributed by atoms with Crippen LogP contribution in [0.5, 0.6) is 0 Å². The number of hydrogen-bond donors (Lipinski definition) is 0. The molecule has 1 aromatic rings. The zero-order valence-corrected chi connectivity index (χ0v) is 10.3. The number of rotatable bonds is 6. The molecule has 0 saturated carbocycles. The second-order valence-electron chi connectivity index (χ2n) is 3.29. The van der Waals surface area contributed by atoms with Crippen LogP contribution in [0.15, 0.2) is 42.7 Å². The average Bonchev–Trinajstić information content (AvgIpc) is 2.17. The van der Waals surface area contributed by atoms with E-state index in [2.05, 4.69) is 6.58 Å². The highest BCUT2D eigenvalue weighted by Gasteiger charge is 2.05. The molecule has 0 unspecified atom stereocenters. The van der Waals surface area contributed by atoms with Crippen molar-refractivity contribution in [3.63, 3.8) is 0 Å². The highest BCUT2D eigenvalue weighted by molar-refractivity contribution is 8.13. The Morgan fingerprint density at radius 2 is 1.94 bits per heavy atom. The topological polar surface area (TPSA) is 43.4 Å². The fourth-order valence-corrected chi connectivity index (χ4v) is 1.63. The third-order valence-corrected chi connectivity index (χ3v) is 2.99. The van der Waals surface area contributed by atoms with Crippen LogP contribution in [0.25, 0.3) is 0 Å². The quantitative estimate of drug-likeness (QED) is 0.582. The van der Waals surface area contributed by atoms with Gasteiger partial charge in [0.1, 0.15) is 6.61 Å². The number of halogens is 1. The van der Waals surface area contributed by atoms with E-state index in [0.717, 1.165) is 5.56 Å². The zero-order chi connectivity index (χ0) is 12.0. The van der Waals surface area contributed by atoms with E-state index in [0.29, 0.717) is 12.2 Å². The van der Waals surface area contributed by atoms with Crippen LogP contribution in [0.1, 0.15) is 5.56 Å². The molecular formula is C11H13ClO3S. The molecule has 0 spiro atoms. The summed E-state index contributed by atoms with van der Waals surface area (Å²) in [5.74, 6) is 0.328. The second kappa shape index (κ2) is 5.92. The van der Waals surface area contributed by atoms with E-state index in [1.165, 1.54) is 0 Å². The first-order chi connectivity index (χ1) is 7.47. The summed E-state index contributed by atoms with van der Waals surface area (Å²) in [6, 6.07) is 9.67. The molecule has 16 heavy (non-hydrogen) atoms. The largest absolute Gasteiger partial charge is 0.497 e. The molecule has 0 fully saturated rings. The van der Waals surface area contributed by atoms with Gasteiger partial charge >= 0.3 is 0 Å². The molecule has 0 aliphatic carbocycles. The van der Waals surface area contributed by atoms with E-state index >= 15 is 0 Å². The molecule has 0 aromatic heterocycles. The van der Waals surface area contributed by atoms with Gasteiger partial charge in [0.05, 0.1) is 11.5 Å². The van der Waals surface area contributed by atoms with E-state index < -0.39 is 9.05 Å². The molecule has 0 amide bonds. The Hall–Kier alpha value is -1.00. The fraction of sp³-hybridized carbons (Fsp3) is 0.273. The van der Waals surface area contributed by atoms with Gasteiger partial charge in [-0.05, 0) is 5.56 Å². The molecule has 0 saturated heterocycles. The van der Waals surface area contributed by atoms with E-state index in [-0.39, 0.29) is 12.4 Å². The van der Waals surface area contributed by atoms with Crippen LogP contribution < -0.4 is 0 Å². The molecule has 1 rings (SSSR count). The summed E-state index contributed by atoms with van der Waals surface area (Å²) in [7, 11) is 1.55. The van der Waals surface area contributed by atoms with Crippen LogP contribution in [-0.2, 0) is 20.2 Å². The molecule has 1 aromatic carbocycles. The summed E-state index contributed by atoms with van der Waals surface area (Å²) in [5, 5.41) is 0. The molecule has 0 bridgehead atoms. The van der Waals surface area contributed by atoms with Gasteiger partial charge in [-0.1, -0.05) is 36.9 Å². The Balaban J connectivity index is 2.32. The van der Waals surface area contributed by atoms with Crippen LogP contribution in [0.2, 0.25) is 0 Å². The maximum absolute atomic E-state index is 10.6. The van der Waals surface area contributed by atoms with Crippen LogP contribution in [0.4, 0.5) is 0 Å². The smallest absolute Gasteiger partial charge is 0.235 e. The van der Waals surface area contributed by atoms with Crippen molar-refractivity contribution in [2.75, 3.05) is 12.4 Å². The third kappa shape index (κ3) is 5.78. The predicted molar refractivity (Wildman–Crippen MR) is 64.9 cm³/mol. The average molecular weight is 261 g/mol. The van der Waals surface area contributed by atoms with Gasteiger partial charge in [-0.3, -0.25) is 0 Å². The fourth-order valence-electron chi connectivity index (χ4n) is 1.16. The van der Waals surface area contributed by atoms with Crippen LogP contribution >= 0.6 is 10.7 Å². The molecule has 3 nitrogen and oxygen atoms in total. The first-order valence-corrected chi connectivity index (χ1v) is 7.22. The lowest BCUT2D eigenvalue weighted by atomic mass is 10.1. The van der Waals surface area contributed by atoms with Crippen LogP contribution in [-0.4, -0.2) is 20.8 Å². The molecule has 0 atom stereocenters. The molecule has 0 heterocycles. The van der Waals surface area contributed by atoms with E-state index in [1.54, 1.807) is 0 Å². The van der Waals surface area contributed by atoms with Gasteiger partial charge < -0.3 is 4.74 Å². The Labute approximate surface area is 100 Å². The Morgan fingerprint density at radius 1 is 1.31 bits per heavy atom. The molecule has 0 radical (unpaired) electrons. The predicted octanol–water partition coefficient (Wildman–Crippen LogP) is 2.33. The maximum Gasteiger partial charge on any atom is 0.235 e. The van der Waals surface area contributed by atoms with Gasteiger partial charge in [0.25, 0.3) is 0 Å². The lowest BCUT2D eigenvalue weighted by molar-refractivity contribution is 0.226. The summed E-state index contributed by atoms with van der Waals surface area (Å²) in [5.41, 5.74) is 1.07. The Morgan fingerprint density at radius 3 is 2.50 bits per heavy atom. The van der Waals surface area contributed by atoms with Crippen molar-refractivity contribution >= 4 is 19.7 Å². The second-order valence-corrected chi connectivity index (χ2v) is 6.19.